The highest BCUT2D eigenvalue weighted by molar-refractivity contribution is 5.99. The van der Waals surface area contributed by atoms with Gasteiger partial charge in [-0.1, -0.05) is 6.92 Å². The van der Waals surface area contributed by atoms with Gasteiger partial charge in [-0.15, -0.1) is 0 Å². The van der Waals surface area contributed by atoms with Gasteiger partial charge < -0.3 is 5.11 Å². The van der Waals surface area contributed by atoms with E-state index in [-0.39, 0.29) is 5.78 Å². The summed E-state index contributed by atoms with van der Waals surface area (Å²) in [5, 5.41) is 9.57. The van der Waals surface area contributed by atoms with Crippen molar-refractivity contribution in [2.45, 2.75) is 32.6 Å². The molecule has 0 fully saturated rings. The van der Waals surface area contributed by atoms with Gasteiger partial charge in [-0.25, -0.2) is 0 Å². The van der Waals surface area contributed by atoms with E-state index in [1.54, 1.807) is 6.07 Å². The molecule has 2 heteroatoms. The zero-order valence-corrected chi connectivity index (χ0v) is 8.50. The molecule has 1 aliphatic rings. The molecule has 1 aromatic carbocycles. The number of ketones is 1. The van der Waals surface area contributed by atoms with Crippen molar-refractivity contribution in [3.05, 3.63) is 28.8 Å². The molecule has 1 atom stereocenters. The molecule has 1 aliphatic carbocycles. The van der Waals surface area contributed by atoms with Gasteiger partial charge >= 0.3 is 0 Å². The molecular formula is C12H14O2. The number of Topliss-reactive ketones (excluding diaryl/α,β-unsaturated/α-hetero) is 1. The smallest absolute Gasteiger partial charge is 0.163 e. The molecule has 14 heavy (non-hydrogen) atoms. The first-order chi connectivity index (χ1) is 6.59. The van der Waals surface area contributed by atoms with Gasteiger partial charge in [-0.2, -0.15) is 0 Å². The lowest BCUT2D eigenvalue weighted by molar-refractivity contribution is 0.0968. The van der Waals surface area contributed by atoms with Gasteiger partial charge in [-0.05, 0) is 42.5 Å². The summed E-state index contributed by atoms with van der Waals surface area (Å²) in [4.78, 5) is 11.6. The average Bonchev–Trinajstić information content (AvgIpc) is 2.15. The van der Waals surface area contributed by atoms with Gasteiger partial charge in [0.2, 0.25) is 0 Å². The summed E-state index contributed by atoms with van der Waals surface area (Å²) in [6.45, 7) is 3.92. The van der Waals surface area contributed by atoms with Crippen LogP contribution < -0.4 is 0 Å². The van der Waals surface area contributed by atoms with Crippen molar-refractivity contribution in [2.75, 3.05) is 0 Å². The molecule has 1 aromatic rings. The first-order valence-corrected chi connectivity index (χ1v) is 4.96. The fourth-order valence-electron chi connectivity index (χ4n) is 2.00. The van der Waals surface area contributed by atoms with Crippen LogP contribution in [-0.4, -0.2) is 10.9 Å². The van der Waals surface area contributed by atoms with Crippen LogP contribution in [0.25, 0.3) is 0 Å². The number of fused-ring (bicyclic) bond motifs is 1. The number of carbonyl (C=O) groups is 1. The SMILES string of the molecule is Cc1cc2c(cc1O)C(C)CCC2=O. The fourth-order valence-corrected chi connectivity index (χ4v) is 2.00. The van der Waals surface area contributed by atoms with Gasteiger partial charge in [0.25, 0.3) is 0 Å². The van der Waals surface area contributed by atoms with Gasteiger partial charge in [0.1, 0.15) is 5.75 Å². The van der Waals surface area contributed by atoms with Crippen LogP contribution in [-0.2, 0) is 0 Å². The molecule has 1 N–H and O–H groups in total. The van der Waals surface area contributed by atoms with E-state index in [0.717, 1.165) is 23.1 Å². The number of phenols is 1. The normalized spacial score (nSPS) is 20.7. The number of carbonyl (C=O) groups excluding carboxylic acids is 1. The number of rotatable bonds is 0. The highest BCUT2D eigenvalue weighted by Gasteiger charge is 2.23. The second-order valence-electron chi connectivity index (χ2n) is 4.09. The lowest BCUT2D eigenvalue weighted by atomic mass is 9.82. The monoisotopic (exact) mass is 190 g/mol. The summed E-state index contributed by atoms with van der Waals surface area (Å²) in [5.41, 5.74) is 2.59. The number of aromatic hydroxyl groups is 1. The zero-order valence-electron chi connectivity index (χ0n) is 8.50. The molecule has 0 saturated carbocycles. The summed E-state index contributed by atoms with van der Waals surface area (Å²) in [5.74, 6) is 0.890. The molecule has 0 saturated heterocycles. The van der Waals surface area contributed by atoms with Crippen LogP contribution in [0, 0.1) is 6.92 Å². The van der Waals surface area contributed by atoms with E-state index in [9.17, 15) is 9.90 Å². The molecule has 0 heterocycles. The predicted octanol–water partition coefficient (Wildman–Crippen LogP) is 2.78. The second kappa shape index (κ2) is 3.12. The van der Waals surface area contributed by atoms with Crippen molar-refractivity contribution in [3.8, 4) is 5.75 Å². The third kappa shape index (κ3) is 1.31. The summed E-state index contributed by atoms with van der Waals surface area (Å²) in [6, 6.07) is 3.55. The van der Waals surface area contributed by atoms with Gasteiger partial charge in [0.05, 0.1) is 0 Å². The minimum Gasteiger partial charge on any atom is -0.508 e. The van der Waals surface area contributed by atoms with Crippen LogP contribution in [0.5, 0.6) is 5.75 Å². The van der Waals surface area contributed by atoms with E-state index in [1.165, 1.54) is 0 Å². The van der Waals surface area contributed by atoms with Gasteiger partial charge in [0, 0.05) is 12.0 Å². The Labute approximate surface area is 83.6 Å². The van der Waals surface area contributed by atoms with Crippen LogP contribution >= 0.6 is 0 Å². The van der Waals surface area contributed by atoms with Crippen LogP contribution in [0.2, 0.25) is 0 Å². The van der Waals surface area contributed by atoms with Gasteiger partial charge in [0.15, 0.2) is 5.78 Å². The average molecular weight is 190 g/mol. The van der Waals surface area contributed by atoms with E-state index in [2.05, 4.69) is 6.92 Å². The molecule has 74 valence electrons. The van der Waals surface area contributed by atoms with Crippen molar-refractivity contribution in [2.24, 2.45) is 0 Å². The molecular weight excluding hydrogens is 176 g/mol. The first-order valence-electron chi connectivity index (χ1n) is 4.96. The Morgan fingerprint density at radius 3 is 2.86 bits per heavy atom. The van der Waals surface area contributed by atoms with E-state index in [4.69, 9.17) is 0 Å². The largest absolute Gasteiger partial charge is 0.508 e. The minimum atomic E-state index is 0.209. The van der Waals surface area contributed by atoms with E-state index in [1.807, 2.05) is 13.0 Å². The third-order valence-electron chi connectivity index (χ3n) is 3.00. The van der Waals surface area contributed by atoms with Crippen molar-refractivity contribution in [3.63, 3.8) is 0 Å². The number of phenolic OH excluding ortho intramolecular Hbond substituents is 1. The molecule has 2 nitrogen and oxygen atoms in total. The topological polar surface area (TPSA) is 37.3 Å². The third-order valence-corrected chi connectivity index (χ3v) is 3.00. The Bertz CT molecular complexity index is 394. The maximum Gasteiger partial charge on any atom is 0.163 e. The second-order valence-corrected chi connectivity index (χ2v) is 4.09. The highest BCUT2D eigenvalue weighted by atomic mass is 16.3. The Kier molecular flexibility index (Phi) is 2.06. The van der Waals surface area contributed by atoms with Crippen molar-refractivity contribution < 1.29 is 9.90 Å². The van der Waals surface area contributed by atoms with Crippen LogP contribution in [0.15, 0.2) is 12.1 Å². The van der Waals surface area contributed by atoms with Crippen LogP contribution in [0.3, 0.4) is 0 Å². The molecule has 0 aliphatic heterocycles. The van der Waals surface area contributed by atoms with Crippen molar-refractivity contribution >= 4 is 5.78 Å². The molecule has 2 rings (SSSR count). The van der Waals surface area contributed by atoms with E-state index in [0.29, 0.717) is 18.1 Å². The number of hydrogen-bond donors (Lipinski definition) is 1. The molecule has 0 spiro atoms. The number of aryl methyl sites for hydroxylation is 1. The maximum absolute atomic E-state index is 11.6. The molecule has 1 unspecified atom stereocenters. The summed E-state index contributed by atoms with van der Waals surface area (Å²) < 4.78 is 0. The Morgan fingerprint density at radius 1 is 1.43 bits per heavy atom. The number of benzene rings is 1. The van der Waals surface area contributed by atoms with Crippen molar-refractivity contribution in [1.82, 2.24) is 0 Å². The standard InChI is InChI=1S/C12H14O2/c1-7-3-4-11(13)10-5-8(2)12(14)6-9(7)10/h5-7,14H,3-4H2,1-2H3. The molecule has 0 bridgehead atoms. The Balaban J connectivity index is 2.62. The Hall–Kier alpha value is -1.31. The highest BCUT2D eigenvalue weighted by Crippen LogP contribution is 2.34. The summed E-state index contributed by atoms with van der Waals surface area (Å²) in [6.07, 6.45) is 1.53. The maximum atomic E-state index is 11.6. The Morgan fingerprint density at radius 2 is 2.14 bits per heavy atom. The van der Waals surface area contributed by atoms with E-state index < -0.39 is 0 Å². The minimum absolute atomic E-state index is 0.209. The van der Waals surface area contributed by atoms with Gasteiger partial charge in [-0.3, -0.25) is 4.79 Å². The lowest BCUT2D eigenvalue weighted by Crippen LogP contribution is -2.13. The van der Waals surface area contributed by atoms with Crippen LogP contribution in [0.1, 0.15) is 47.2 Å². The van der Waals surface area contributed by atoms with E-state index >= 15 is 0 Å². The predicted molar refractivity (Wildman–Crippen MR) is 54.8 cm³/mol. The van der Waals surface area contributed by atoms with Crippen molar-refractivity contribution in [1.29, 1.82) is 0 Å². The number of hydrogen-bond acceptors (Lipinski definition) is 2. The molecule has 0 amide bonds. The first kappa shape index (κ1) is 9.25. The lowest BCUT2D eigenvalue weighted by Gasteiger charge is -2.22. The molecule has 0 aromatic heterocycles. The summed E-state index contributed by atoms with van der Waals surface area (Å²) >= 11 is 0. The summed E-state index contributed by atoms with van der Waals surface area (Å²) in [7, 11) is 0. The zero-order chi connectivity index (χ0) is 10.3. The molecule has 0 radical (unpaired) electrons. The quantitative estimate of drug-likeness (QED) is 0.683. The fraction of sp³-hybridized carbons (Fsp3) is 0.417. The van der Waals surface area contributed by atoms with Crippen LogP contribution in [0.4, 0.5) is 0 Å².